The summed E-state index contributed by atoms with van der Waals surface area (Å²) in [5.74, 6) is 0.419. The Morgan fingerprint density at radius 2 is 1.81 bits per heavy atom. The van der Waals surface area contributed by atoms with E-state index in [-0.39, 0.29) is 29.9 Å². The first-order valence-electron chi connectivity index (χ1n) is 13.2. The number of amides is 3. The van der Waals surface area contributed by atoms with Gasteiger partial charge in [0.2, 0.25) is 0 Å². The zero-order valence-electron chi connectivity index (χ0n) is 21.3. The summed E-state index contributed by atoms with van der Waals surface area (Å²) in [7, 11) is 1.67. The lowest BCUT2D eigenvalue weighted by Gasteiger charge is -2.36. The smallest absolute Gasteiger partial charge is 0.319 e. The van der Waals surface area contributed by atoms with Gasteiger partial charge in [-0.3, -0.25) is 15.1 Å². The SMILES string of the molecule is CN1C(=N)N[C@](CCc2ccccc2)(C[C@H]2CCCC(NC(=O)Nc3ccc4ccccc4c3)C2)C1=O. The van der Waals surface area contributed by atoms with Crippen molar-refractivity contribution in [3.8, 4) is 0 Å². The third kappa shape index (κ3) is 5.61. The Bertz CT molecular complexity index is 1290. The molecule has 1 unspecified atom stereocenters. The van der Waals surface area contributed by atoms with E-state index in [1.807, 2.05) is 54.6 Å². The maximum absolute atomic E-state index is 13.3. The molecule has 0 bridgehead atoms. The minimum atomic E-state index is -0.776. The molecule has 192 valence electrons. The van der Waals surface area contributed by atoms with Gasteiger partial charge in [0.05, 0.1) is 0 Å². The summed E-state index contributed by atoms with van der Waals surface area (Å²) in [5.41, 5.74) is 1.18. The summed E-state index contributed by atoms with van der Waals surface area (Å²) in [4.78, 5) is 27.6. The number of guanidine groups is 1. The van der Waals surface area contributed by atoms with Crippen molar-refractivity contribution < 1.29 is 9.59 Å². The van der Waals surface area contributed by atoms with Gasteiger partial charge in [0.1, 0.15) is 5.54 Å². The van der Waals surface area contributed by atoms with Crippen LogP contribution in [0.2, 0.25) is 0 Å². The number of carbonyl (C=O) groups excluding carboxylic acids is 2. The van der Waals surface area contributed by atoms with Crippen LogP contribution in [0, 0.1) is 11.3 Å². The fourth-order valence-corrected chi connectivity index (χ4v) is 5.92. The molecule has 0 spiro atoms. The minimum absolute atomic E-state index is 0.0300. The largest absolute Gasteiger partial charge is 0.342 e. The molecule has 2 aliphatic rings. The van der Waals surface area contributed by atoms with Crippen molar-refractivity contribution in [3.05, 3.63) is 78.4 Å². The minimum Gasteiger partial charge on any atom is -0.342 e. The maximum atomic E-state index is 13.3. The summed E-state index contributed by atoms with van der Waals surface area (Å²) < 4.78 is 0. The topological polar surface area (TPSA) is 97.3 Å². The lowest BCUT2D eigenvalue weighted by molar-refractivity contribution is -0.131. The molecule has 3 amide bonds. The van der Waals surface area contributed by atoms with E-state index in [1.54, 1.807) is 7.05 Å². The highest BCUT2D eigenvalue weighted by Gasteiger charge is 2.49. The molecule has 3 aromatic carbocycles. The van der Waals surface area contributed by atoms with Crippen molar-refractivity contribution in [1.29, 1.82) is 5.41 Å². The van der Waals surface area contributed by atoms with E-state index < -0.39 is 5.54 Å². The van der Waals surface area contributed by atoms with E-state index in [9.17, 15) is 9.59 Å². The van der Waals surface area contributed by atoms with E-state index in [0.29, 0.717) is 12.8 Å². The number of nitrogens with one attached hydrogen (secondary N) is 4. The highest BCUT2D eigenvalue weighted by atomic mass is 16.2. The normalized spacial score (nSPS) is 23.6. The van der Waals surface area contributed by atoms with E-state index in [0.717, 1.165) is 48.6 Å². The summed E-state index contributed by atoms with van der Waals surface area (Å²) in [6.45, 7) is 0. The molecule has 2 fully saturated rings. The van der Waals surface area contributed by atoms with Crippen LogP contribution < -0.4 is 16.0 Å². The number of likely N-dealkylation sites (N-methyl/N-ethyl adjacent to an activating group) is 1. The number of nitrogens with zero attached hydrogens (tertiary/aromatic N) is 1. The molecule has 1 heterocycles. The lowest BCUT2D eigenvalue weighted by atomic mass is 9.75. The third-order valence-corrected chi connectivity index (χ3v) is 7.85. The second-order valence-electron chi connectivity index (χ2n) is 10.5. The number of carbonyl (C=O) groups is 2. The Morgan fingerprint density at radius 1 is 1.05 bits per heavy atom. The molecular weight excluding hydrogens is 462 g/mol. The Balaban J connectivity index is 1.22. The average molecular weight is 498 g/mol. The Hall–Kier alpha value is -3.87. The lowest BCUT2D eigenvalue weighted by Crippen LogP contribution is -2.50. The highest BCUT2D eigenvalue weighted by molar-refractivity contribution is 6.07. The van der Waals surface area contributed by atoms with Crippen molar-refractivity contribution in [2.45, 2.75) is 56.5 Å². The van der Waals surface area contributed by atoms with Crippen molar-refractivity contribution in [1.82, 2.24) is 15.5 Å². The number of anilines is 1. The number of benzene rings is 3. The van der Waals surface area contributed by atoms with E-state index in [2.05, 4.69) is 34.1 Å². The molecule has 7 heteroatoms. The van der Waals surface area contributed by atoms with Crippen LogP contribution >= 0.6 is 0 Å². The highest BCUT2D eigenvalue weighted by Crippen LogP contribution is 2.36. The van der Waals surface area contributed by atoms with Crippen LogP contribution in [0.25, 0.3) is 10.8 Å². The molecule has 3 atom stereocenters. The Morgan fingerprint density at radius 3 is 2.57 bits per heavy atom. The number of aryl methyl sites for hydroxylation is 1. The quantitative estimate of drug-likeness (QED) is 0.358. The number of hydrogen-bond donors (Lipinski definition) is 4. The van der Waals surface area contributed by atoms with Crippen molar-refractivity contribution in [3.63, 3.8) is 0 Å². The van der Waals surface area contributed by atoms with E-state index >= 15 is 0 Å². The molecule has 0 radical (unpaired) electrons. The van der Waals surface area contributed by atoms with Crippen LogP contribution in [0.4, 0.5) is 10.5 Å². The summed E-state index contributed by atoms with van der Waals surface area (Å²) in [5, 5.41) is 19.9. The molecule has 1 saturated carbocycles. The van der Waals surface area contributed by atoms with Crippen LogP contribution in [-0.4, -0.2) is 41.4 Å². The first kappa shape index (κ1) is 24.8. The van der Waals surface area contributed by atoms with Crippen molar-refractivity contribution in [2.75, 3.05) is 12.4 Å². The van der Waals surface area contributed by atoms with Gasteiger partial charge in [0, 0.05) is 18.8 Å². The number of urea groups is 1. The van der Waals surface area contributed by atoms with E-state index in [4.69, 9.17) is 5.41 Å². The van der Waals surface area contributed by atoms with Gasteiger partial charge < -0.3 is 16.0 Å². The first-order valence-corrected chi connectivity index (χ1v) is 13.2. The van der Waals surface area contributed by atoms with Gasteiger partial charge in [-0.1, -0.05) is 73.5 Å². The van der Waals surface area contributed by atoms with Crippen LogP contribution in [0.15, 0.2) is 72.8 Å². The van der Waals surface area contributed by atoms with Crippen LogP contribution in [0.5, 0.6) is 0 Å². The predicted molar refractivity (Wildman–Crippen MR) is 148 cm³/mol. The van der Waals surface area contributed by atoms with Crippen LogP contribution in [-0.2, 0) is 11.2 Å². The molecule has 1 aliphatic carbocycles. The third-order valence-electron chi connectivity index (χ3n) is 7.85. The monoisotopic (exact) mass is 497 g/mol. The molecular formula is C30H35N5O2. The molecule has 37 heavy (non-hydrogen) atoms. The van der Waals surface area contributed by atoms with Crippen LogP contribution in [0.1, 0.15) is 44.1 Å². The Kier molecular flexibility index (Phi) is 7.12. The van der Waals surface area contributed by atoms with Crippen LogP contribution in [0.3, 0.4) is 0 Å². The molecule has 0 aromatic heterocycles. The number of hydrogen-bond acceptors (Lipinski definition) is 3. The van der Waals surface area contributed by atoms with Gasteiger partial charge in [-0.05, 0) is 66.5 Å². The summed E-state index contributed by atoms with van der Waals surface area (Å²) in [6.07, 6.45) is 5.84. The zero-order chi connectivity index (χ0) is 25.8. The number of fused-ring (bicyclic) bond motifs is 1. The standard InChI is InChI=1S/C30H35N5O2/c1-35-27(36)30(34-28(35)31,17-16-21-8-3-2-4-9-21)20-22-10-7-13-25(18-22)32-29(37)33-26-15-14-23-11-5-6-12-24(23)19-26/h2-6,8-9,11-12,14-15,19,22,25H,7,10,13,16-18,20H2,1H3,(H2,31,34)(H2,32,33,37)/t22-,25?,30+/m0/s1. The van der Waals surface area contributed by atoms with Gasteiger partial charge in [0.15, 0.2) is 5.96 Å². The molecule has 3 aromatic rings. The zero-order valence-corrected chi connectivity index (χ0v) is 21.3. The van der Waals surface area contributed by atoms with Gasteiger partial charge in [0.25, 0.3) is 5.91 Å². The molecule has 7 nitrogen and oxygen atoms in total. The molecule has 1 saturated heterocycles. The first-order chi connectivity index (χ1) is 17.9. The average Bonchev–Trinajstić information content (AvgIpc) is 3.11. The second kappa shape index (κ2) is 10.6. The van der Waals surface area contributed by atoms with Crippen molar-refractivity contribution in [2.24, 2.45) is 5.92 Å². The fourth-order valence-electron chi connectivity index (χ4n) is 5.92. The second-order valence-corrected chi connectivity index (χ2v) is 10.5. The summed E-state index contributed by atoms with van der Waals surface area (Å²) in [6, 6.07) is 24.0. The maximum Gasteiger partial charge on any atom is 0.319 e. The molecule has 5 rings (SSSR count). The molecule has 1 aliphatic heterocycles. The van der Waals surface area contributed by atoms with Gasteiger partial charge in [-0.2, -0.15) is 0 Å². The van der Waals surface area contributed by atoms with Gasteiger partial charge in [-0.25, -0.2) is 4.79 Å². The molecule has 4 N–H and O–H groups in total. The van der Waals surface area contributed by atoms with E-state index in [1.165, 1.54) is 10.5 Å². The Labute approximate surface area is 218 Å². The van der Waals surface area contributed by atoms with Gasteiger partial charge in [-0.15, -0.1) is 0 Å². The van der Waals surface area contributed by atoms with Gasteiger partial charge >= 0.3 is 6.03 Å². The fraction of sp³-hybridized carbons (Fsp3) is 0.367. The predicted octanol–water partition coefficient (Wildman–Crippen LogP) is 5.28. The number of rotatable bonds is 7. The summed E-state index contributed by atoms with van der Waals surface area (Å²) >= 11 is 0. The van der Waals surface area contributed by atoms with Crippen molar-refractivity contribution >= 4 is 34.4 Å².